The minimum atomic E-state index is -1.13. The van der Waals surface area contributed by atoms with Crippen LogP contribution in [0.3, 0.4) is 0 Å². The molecule has 2 amide bonds. The number of halogens is 2. The Hall–Kier alpha value is -3.58. The van der Waals surface area contributed by atoms with Gasteiger partial charge in [0.1, 0.15) is 18.5 Å². The van der Waals surface area contributed by atoms with E-state index in [0.717, 1.165) is 5.56 Å². The summed E-state index contributed by atoms with van der Waals surface area (Å²) in [6.45, 7) is 0.282. The maximum Gasteiger partial charge on any atom is 0.254 e. The summed E-state index contributed by atoms with van der Waals surface area (Å²) in [4.78, 5) is 26.3. The van der Waals surface area contributed by atoms with Crippen LogP contribution in [-0.4, -0.2) is 30.9 Å². The molecule has 0 bridgehead atoms. The second-order valence-corrected chi connectivity index (χ2v) is 7.49. The lowest BCUT2D eigenvalue weighted by molar-refractivity contribution is -0.122. The zero-order valence-electron chi connectivity index (χ0n) is 17.5. The number of benzene rings is 3. The number of methoxy groups -OCH3 is 1. The van der Waals surface area contributed by atoms with Gasteiger partial charge in [0.2, 0.25) is 5.91 Å². The summed E-state index contributed by atoms with van der Waals surface area (Å²) in [5, 5.41) is 0.630. The Kier molecular flexibility index (Phi) is 7.33. The third kappa shape index (κ3) is 5.36. The Morgan fingerprint density at radius 3 is 2.41 bits per heavy atom. The molecule has 3 aromatic carbocycles. The maximum atomic E-state index is 13.6. The molecule has 1 atom stereocenters. The first-order valence-corrected chi connectivity index (χ1v) is 10.0. The number of hydrogen-bond donors (Lipinski definition) is 1. The zero-order chi connectivity index (χ0) is 23.3. The van der Waals surface area contributed by atoms with Gasteiger partial charge < -0.3 is 20.1 Å². The largest absolute Gasteiger partial charge is 0.493 e. The van der Waals surface area contributed by atoms with Crippen molar-refractivity contribution < 1.29 is 23.5 Å². The fourth-order valence-corrected chi connectivity index (χ4v) is 3.36. The van der Waals surface area contributed by atoms with E-state index in [1.54, 1.807) is 24.3 Å². The SMILES string of the molecule is COc1cc(C(=O)N(C)C(C(N)=O)c2cccc(F)c2)ccc1OCc1ccc(Cl)cc1. The van der Waals surface area contributed by atoms with Crippen molar-refractivity contribution in [3.8, 4) is 11.5 Å². The van der Waals surface area contributed by atoms with Crippen molar-refractivity contribution in [3.05, 3.63) is 94.3 Å². The van der Waals surface area contributed by atoms with Crippen LogP contribution >= 0.6 is 11.6 Å². The van der Waals surface area contributed by atoms with E-state index in [4.69, 9.17) is 26.8 Å². The standard InChI is InChI=1S/C24H22ClFN2O4/c1-28(22(23(27)29)16-4-3-5-19(26)12-16)24(30)17-8-11-20(21(13-17)31-2)32-14-15-6-9-18(25)10-7-15/h3-13,22H,14H2,1-2H3,(H2,27,29). The van der Waals surface area contributed by atoms with Gasteiger partial charge in [0.25, 0.3) is 5.91 Å². The first-order chi connectivity index (χ1) is 15.3. The van der Waals surface area contributed by atoms with Crippen LogP contribution in [0.4, 0.5) is 4.39 Å². The molecule has 0 aliphatic carbocycles. The predicted molar refractivity (Wildman–Crippen MR) is 119 cm³/mol. The maximum absolute atomic E-state index is 13.6. The van der Waals surface area contributed by atoms with Crippen molar-refractivity contribution in [2.75, 3.05) is 14.2 Å². The van der Waals surface area contributed by atoms with Crippen LogP contribution in [-0.2, 0) is 11.4 Å². The molecule has 32 heavy (non-hydrogen) atoms. The Bertz CT molecular complexity index is 1120. The number of amides is 2. The topological polar surface area (TPSA) is 81.9 Å². The molecule has 0 saturated carbocycles. The first kappa shape index (κ1) is 23.1. The summed E-state index contributed by atoms with van der Waals surface area (Å²) >= 11 is 5.89. The van der Waals surface area contributed by atoms with Crippen molar-refractivity contribution in [3.63, 3.8) is 0 Å². The fourth-order valence-electron chi connectivity index (χ4n) is 3.24. The smallest absolute Gasteiger partial charge is 0.254 e. The monoisotopic (exact) mass is 456 g/mol. The van der Waals surface area contributed by atoms with Gasteiger partial charge in [-0.15, -0.1) is 0 Å². The number of primary amides is 1. The molecule has 0 aromatic heterocycles. The summed E-state index contributed by atoms with van der Waals surface area (Å²) in [6.07, 6.45) is 0. The zero-order valence-corrected chi connectivity index (χ0v) is 18.3. The molecule has 0 aliphatic heterocycles. The van der Waals surface area contributed by atoms with Crippen LogP contribution in [0.15, 0.2) is 66.7 Å². The summed E-state index contributed by atoms with van der Waals surface area (Å²) < 4.78 is 24.8. The lowest BCUT2D eigenvalue weighted by Crippen LogP contribution is -2.39. The number of nitrogens with zero attached hydrogens (tertiary/aromatic N) is 1. The quantitative estimate of drug-likeness (QED) is 0.546. The number of hydrogen-bond acceptors (Lipinski definition) is 4. The molecule has 8 heteroatoms. The molecule has 3 rings (SSSR count). The van der Waals surface area contributed by atoms with Crippen molar-refractivity contribution >= 4 is 23.4 Å². The molecular formula is C24H22ClFN2O4. The summed E-state index contributed by atoms with van der Waals surface area (Å²) in [5.41, 5.74) is 6.96. The second-order valence-electron chi connectivity index (χ2n) is 7.06. The average molecular weight is 457 g/mol. The summed E-state index contributed by atoms with van der Waals surface area (Å²) in [5.74, 6) is -1.00. The Balaban J connectivity index is 1.80. The van der Waals surface area contributed by atoms with Gasteiger partial charge in [-0.25, -0.2) is 4.39 Å². The second kappa shape index (κ2) is 10.2. The number of carbonyl (C=O) groups is 2. The number of nitrogens with two attached hydrogens (primary N) is 1. The van der Waals surface area contributed by atoms with Crippen LogP contribution in [0.2, 0.25) is 5.02 Å². The third-order valence-electron chi connectivity index (χ3n) is 4.86. The van der Waals surface area contributed by atoms with E-state index in [9.17, 15) is 14.0 Å². The average Bonchev–Trinajstić information content (AvgIpc) is 2.78. The molecule has 1 unspecified atom stereocenters. The Labute approximate surface area is 190 Å². The summed E-state index contributed by atoms with van der Waals surface area (Å²) in [6, 6.07) is 16.2. The lowest BCUT2D eigenvalue weighted by Gasteiger charge is -2.26. The molecule has 6 nitrogen and oxygen atoms in total. The number of likely N-dealkylation sites (N-methyl/N-ethyl adjacent to an activating group) is 1. The summed E-state index contributed by atoms with van der Waals surface area (Å²) in [7, 11) is 2.89. The highest BCUT2D eigenvalue weighted by Crippen LogP contribution is 2.30. The molecule has 0 heterocycles. The Morgan fingerprint density at radius 2 is 1.78 bits per heavy atom. The fraction of sp³-hybridized carbons (Fsp3) is 0.167. The van der Waals surface area contributed by atoms with Crippen molar-refractivity contribution in [1.82, 2.24) is 4.90 Å². The minimum absolute atomic E-state index is 0.255. The molecule has 0 aliphatic rings. The highest BCUT2D eigenvalue weighted by atomic mass is 35.5. The molecule has 2 N–H and O–H groups in total. The molecule has 3 aromatic rings. The van der Waals surface area contributed by atoms with Gasteiger partial charge in [-0.2, -0.15) is 0 Å². The lowest BCUT2D eigenvalue weighted by atomic mass is 10.0. The molecule has 0 spiro atoms. The molecule has 166 valence electrons. The van der Waals surface area contributed by atoms with E-state index in [-0.39, 0.29) is 17.7 Å². The van der Waals surface area contributed by atoms with Crippen molar-refractivity contribution in [2.45, 2.75) is 12.6 Å². The van der Waals surface area contributed by atoms with Gasteiger partial charge in [-0.1, -0.05) is 35.9 Å². The third-order valence-corrected chi connectivity index (χ3v) is 5.11. The normalized spacial score (nSPS) is 11.5. The molecular weight excluding hydrogens is 435 g/mol. The van der Waals surface area contributed by atoms with Crippen molar-refractivity contribution in [2.24, 2.45) is 5.73 Å². The first-order valence-electron chi connectivity index (χ1n) is 9.67. The van der Waals surface area contributed by atoms with Crippen LogP contribution in [0.1, 0.15) is 27.5 Å². The number of ether oxygens (including phenoxy) is 2. The van der Waals surface area contributed by atoms with Gasteiger partial charge in [-0.05, 0) is 53.6 Å². The van der Waals surface area contributed by atoms with Crippen LogP contribution in [0, 0.1) is 5.82 Å². The van der Waals surface area contributed by atoms with Crippen LogP contribution in [0.5, 0.6) is 11.5 Å². The van der Waals surface area contributed by atoms with Gasteiger partial charge in [0.05, 0.1) is 7.11 Å². The minimum Gasteiger partial charge on any atom is -0.493 e. The molecule has 0 radical (unpaired) electrons. The van der Waals surface area contributed by atoms with E-state index in [1.165, 1.54) is 49.4 Å². The van der Waals surface area contributed by atoms with E-state index < -0.39 is 23.7 Å². The molecule has 0 saturated heterocycles. The highest BCUT2D eigenvalue weighted by Gasteiger charge is 2.28. The van der Waals surface area contributed by atoms with E-state index in [2.05, 4.69) is 0 Å². The van der Waals surface area contributed by atoms with E-state index >= 15 is 0 Å². The van der Waals surface area contributed by atoms with Crippen LogP contribution in [0.25, 0.3) is 0 Å². The molecule has 0 fully saturated rings. The van der Waals surface area contributed by atoms with E-state index in [0.29, 0.717) is 16.5 Å². The van der Waals surface area contributed by atoms with Gasteiger partial charge in [-0.3, -0.25) is 9.59 Å². The van der Waals surface area contributed by atoms with Gasteiger partial charge in [0.15, 0.2) is 11.5 Å². The van der Waals surface area contributed by atoms with Gasteiger partial charge in [0, 0.05) is 17.6 Å². The van der Waals surface area contributed by atoms with Crippen molar-refractivity contribution in [1.29, 1.82) is 0 Å². The van der Waals surface area contributed by atoms with Crippen LogP contribution < -0.4 is 15.2 Å². The Morgan fingerprint density at radius 1 is 1.06 bits per heavy atom. The predicted octanol–water partition coefficient (Wildman–Crippen LogP) is 4.37. The number of rotatable bonds is 8. The number of carbonyl (C=O) groups excluding carboxylic acids is 2. The highest BCUT2D eigenvalue weighted by molar-refractivity contribution is 6.30. The van der Waals surface area contributed by atoms with Gasteiger partial charge >= 0.3 is 0 Å². The van der Waals surface area contributed by atoms with E-state index in [1.807, 2.05) is 12.1 Å².